The zero-order chi connectivity index (χ0) is 15.2. The molecule has 1 aromatic heterocycles. The number of hydrogen-bond acceptors (Lipinski definition) is 2. The summed E-state index contributed by atoms with van der Waals surface area (Å²) in [4.78, 5) is 0. The van der Waals surface area contributed by atoms with Gasteiger partial charge in [0.25, 0.3) is 0 Å². The lowest BCUT2D eigenvalue weighted by molar-refractivity contribution is 0.313. The van der Waals surface area contributed by atoms with E-state index >= 15 is 0 Å². The van der Waals surface area contributed by atoms with Crippen molar-refractivity contribution in [2.45, 2.75) is 71.3 Å². The van der Waals surface area contributed by atoms with Gasteiger partial charge >= 0.3 is 0 Å². The van der Waals surface area contributed by atoms with Crippen LogP contribution in [0.2, 0.25) is 5.02 Å². The Kier molecular flexibility index (Phi) is 6.56. The molecule has 1 aliphatic rings. The van der Waals surface area contributed by atoms with E-state index < -0.39 is 0 Å². The summed E-state index contributed by atoms with van der Waals surface area (Å²) in [6.45, 7) is 5.32. The van der Waals surface area contributed by atoms with Crippen molar-refractivity contribution in [2.24, 2.45) is 13.0 Å². The van der Waals surface area contributed by atoms with Crippen molar-refractivity contribution in [1.82, 2.24) is 15.1 Å². The lowest BCUT2D eigenvalue weighted by atomic mass is 9.88. The number of aryl methyl sites for hydroxylation is 2. The molecular formula is C17H30ClN3. The number of nitrogens with zero attached hydrogens (tertiary/aromatic N) is 2. The first kappa shape index (κ1) is 16.8. The summed E-state index contributed by atoms with van der Waals surface area (Å²) in [7, 11) is 2.01. The lowest BCUT2D eigenvalue weighted by Gasteiger charge is -2.27. The summed E-state index contributed by atoms with van der Waals surface area (Å²) < 4.78 is 1.97. The molecule has 1 saturated carbocycles. The predicted molar refractivity (Wildman–Crippen MR) is 89.9 cm³/mol. The van der Waals surface area contributed by atoms with Crippen molar-refractivity contribution in [3.05, 3.63) is 16.4 Å². The maximum absolute atomic E-state index is 6.45. The van der Waals surface area contributed by atoms with Gasteiger partial charge in [0.05, 0.1) is 16.4 Å². The summed E-state index contributed by atoms with van der Waals surface area (Å²) >= 11 is 6.45. The fraction of sp³-hybridized carbons (Fsp3) is 0.824. The van der Waals surface area contributed by atoms with Crippen LogP contribution in [0.5, 0.6) is 0 Å². The molecule has 1 atom stereocenters. The average molecular weight is 312 g/mol. The zero-order valence-electron chi connectivity index (χ0n) is 13.8. The van der Waals surface area contributed by atoms with Gasteiger partial charge in [0.2, 0.25) is 0 Å². The van der Waals surface area contributed by atoms with Crippen molar-refractivity contribution < 1.29 is 0 Å². The van der Waals surface area contributed by atoms with E-state index in [2.05, 4.69) is 17.3 Å². The van der Waals surface area contributed by atoms with Gasteiger partial charge in [0.15, 0.2) is 0 Å². The molecule has 21 heavy (non-hydrogen) atoms. The SMILES string of the molecule is CCCNC(Cc1c(Cl)c(C)nn1C)C1CCCCCC1. The minimum Gasteiger partial charge on any atom is -0.313 e. The molecule has 0 radical (unpaired) electrons. The maximum Gasteiger partial charge on any atom is 0.0847 e. The first-order chi connectivity index (χ1) is 10.1. The number of nitrogens with one attached hydrogen (secondary N) is 1. The zero-order valence-corrected chi connectivity index (χ0v) is 14.5. The molecule has 0 saturated heterocycles. The van der Waals surface area contributed by atoms with Crippen LogP contribution >= 0.6 is 11.6 Å². The van der Waals surface area contributed by atoms with E-state index in [0.717, 1.165) is 29.6 Å². The quantitative estimate of drug-likeness (QED) is 0.795. The average Bonchev–Trinajstić information content (AvgIpc) is 2.69. The Morgan fingerprint density at radius 2 is 1.95 bits per heavy atom. The topological polar surface area (TPSA) is 29.9 Å². The smallest absolute Gasteiger partial charge is 0.0847 e. The molecule has 4 heteroatoms. The Labute approximate surface area is 134 Å². The molecule has 1 unspecified atom stereocenters. The lowest BCUT2D eigenvalue weighted by Crippen LogP contribution is -2.39. The summed E-state index contributed by atoms with van der Waals surface area (Å²) in [5.41, 5.74) is 2.14. The number of halogens is 1. The highest BCUT2D eigenvalue weighted by atomic mass is 35.5. The molecule has 2 rings (SSSR count). The van der Waals surface area contributed by atoms with Gasteiger partial charge < -0.3 is 5.32 Å². The van der Waals surface area contributed by atoms with Gasteiger partial charge in [-0.25, -0.2) is 0 Å². The maximum atomic E-state index is 6.45. The van der Waals surface area contributed by atoms with Crippen LogP contribution in [0.25, 0.3) is 0 Å². The van der Waals surface area contributed by atoms with Gasteiger partial charge in [-0.15, -0.1) is 0 Å². The van der Waals surface area contributed by atoms with Crippen LogP contribution in [0, 0.1) is 12.8 Å². The van der Waals surface area contributed by atoms with E-state index in [-0.39, 0.29) is 0 Å². The van der Waals surface area contributed by atoms with E-state index in [4.69, 9.17) is 11.6 Å². The van der Waals surface area contributed by atoms with Crippen LogP contribution in [0.4, 0.5) is 0 Å². The van der Waals surface area contributed by atoms with Gasteiger partial charge in [-0.2, -0.15) is 5.10 Å². The molecule has 0 bridgehead atoms. The van der Waals surface area contributed by atoms with E-state index in [1.807, 2.05) is 18.7 Å². The van der Waals surface area contributed by atoms with Crippen LogP contribution in [-0.4, -0.2) is 22.4 Å². The molecule has 0 aromatic carbocycles. The number of hydrogen-bond donors (Lipinski definition) is 1. The predicted octanol–water partition coefficient (Wildman–Crippen LogP) is 4.26. The molecule has 1 heterocycles. The minimum atomic E-state index is 0.537. The molecule has 1 fully saturated rings. The summed E-state index contributed by atoms with van der Waals surface area (Å²) in [5.74, 6) is 0.783. The molecule has 1 aliphatic carbocycles. The highest BCUT2D eigenvalue weighted by Gasteiger charge is 2.25. The van der Waals surface area contributed by atoms with Crippen molar-refractivity contribution in [3.63, 3.8) is 0 Å². The summed E-state index contributed by atoms with van der Waals surface area (Å²) in [6, 6.07) is 0.537. The molecule has 3 nitrogen and oxygen atoms in total. The normalized spacial score (nSPS) is 18.7. The molecule has 1 aromatic rings. The first-order valence-electron chi connectivity index (χ1n) is 8.54. The second kappa shape index (κ2) is 8.19. The van der Waals surface area contributed by atoms with Crippen LogP contribution in [0.15, 0.2) is 0 Å². The second-order valence-electron chi connectivity index (χ2n) is 6.49. The minimum absolute atomic E-state index is 0.537. The molecular weight excluding hydrogens is 282 g/mol. The highest BCUT2D eigenvalue weighted by molar-refractivity contribution is 6.31. The molecule has 1 N–H and O–H groups in total. The fourth-order valence-corrected chi connectivity index (χ4v) is 3.80. The Hall–Kier alpha value is -0.540. The van der Waals surface area contributed by atoms with Gasteiger partial charge in [0, 0.05) is 19.5 Å². The van der Waals surface area contributed by atoms with Crippen LogP contribution in [0.3, 0.4) is 0 Å². The number of rotatable bonds is 6. The standard InChI is InChI=1S/C17H30ClN3/c1-4-11-19-15(14-9-7-5-6-8-10-14)12-16-17(18)13(2)20-21(16)3/h14-15,19H,4-12H2,1-3H3. The highest BCUT2D eigenvalue weighted by Crippen LogP contribution is 2.29. The van der Waals surface area contributed by atoms with E-state index in [0.29, 0.717) is 6.04 Å². The first-order valence-corrected chi connectivity index (χ1v) is 8.92. The van der Waals surface area contributed by atoms with Crippen molar-refractivity contribution in [1.29, 1.82) is 0 Å². The van der Waals surface area contributed by atoms with Crippen molar-refractivity contribution in [2.75, 3.05) is 6.54 Å². The van der Waals surface area contributed by atoms with E-state index in [9.17, 15) is 0 Å². The van der Waals surface area contributed by atoms with Gasteiger partial charge in [0.1, 0.15) is 0 Å². The second-order valence-corrected chi connectivity index (χ2v) is 6.86. The Morgan fingerprint density at radius 3 is 2.48 bits per heavy atom. The third-order valence-electron chi connectivity index (χ3n) is 4.80. The van der Waals surface area contributed by atoms with E-state index in [1.54, 1.807) is 0 Å². The van der Waals surface area contributed by atoms with Gasteiger partial charge in [-0.05, 0) is 38.6 Å². The molecule has 0 aliphatic heterocycles. The van der Waals surface area contributed by atoms with Gasteiger partial charge in [-0.1, -0.05) is 44.2 Å². The van der Waals surface area contributed by atoms with Crippen molar-refractivity contribution >= 4 is 11.6 Å². The third-order valence-corrected chi connectivity index (χ3v) is 5.29. The Morgan fingerprint density at radius 1 is 1.29 bits per heavy atom. The number of aromatic nitrogens is 2. The largest absolute Gasteiger partial charge is 0.313 e. The van der Waals surface area contributed by atoms with Crippen LogP contribution < -0.4 is 5.32 Å². The van der Waals surface area contributed by atoms with E-state index in [1.165, 1.54) is 50.6 Å². The summed E-state index contributed by atoms with van der Waals surface area (Å²) in [5, 5.41) is 9.10. The fourth-order valence-electron chi connectivity index (χ4n) is 3.56. The Bertz CT molecular complexity index is 433. The summed E-state index contributed by atoms with van der Waals surface area (Å²) in [6.07, 6.45) is 10.5. The van der Waals surface area contributed by atoms with Crippen molar-refractivity contribution in [3.8, 4) is 0 Å². The Balaban J connectivity index is 2.11. The van der Waals surface area contributed by atoms with Crippen LogP contribution in [0.1, 0.15) is 63.3 Å². The monoisotopic (exact) mass is 311 g/mol. The van der Waals surface area contributed by atoms with Crippen LogP contribution in [-0.2, 0) is 13.5 Å². The molecule has 0 spiro atoms. The third kappa shape index (κ3) is 4.46. The van der Waals surface area contributed by atoms with Gasteiger partial charge in [-0.3, -0.25) is 4.68 Å². The molecule has 0 amide bonds. The molecule has 120 valence electrons.